The Morgan fingerprint density at radius 3 is 2.54 bits per heavy atom. The molecule has 1 heterocycles. The first-order valence-electron chi connectivity index (χ1n) is 11.4. The van der Waals surface area contributed by atoms with Crippen molar-refractivity contribution in [2.45, 2.75) is 68.2 Å². The number of likely N-dealkylation sites (N-methyl/N-ethyl adjacent to an activating group) is 1. The van der Waals surface area contributed by atoms with Crippen LogP contribution in [0.25, 0.3) is 0 Å². The average Bonchev–Trinajstić information content (AvgIpc) is 3.14. The molecule has 1 unspecified atom stereocenters. The van der Waals surface area contributed by atoms with Crippen LogP contribution in [-0.4, -0.2) is 60.7 Å². The van der Waals surface area contributed by atoms with Crippen LogP contribution in [0.2, 0.25) is 4.34 Å². The highest BCUT2D eigenvalue weighted by Gasteiger charge is 2.27. The normalized spacial score (nSPS) is 13.3. The van der Waals surface area contributed by atoms with Gasteiger partial charge in [0.15, 0.2) is 0 Å². The second-order valence-corrected chi connectivity index (χ2v) is 13.2. The number of β-amino-alcohol motifs (C(OH)–C–C–N with tert-alkyl or cyclic N) is 1. The summed E-state index contributed by atoms with van der Waals surface area (Å²) in [7, 11) is -2.45. The van der Waals surface area contributed by atoms with Crippen molar-refractivity contribution in [3.63, 3.8) is 0 Å². The Kier molecular flexibility index (Phi) is 11.1. The molecular weight excluding hydrogens is 515 g/mol. The third kappa shape index (κ3) is 9.44. The highest BCUT2D eigenvalue weighted by Crippen LogP contribution is 2.33. The van der Waals surface area contributed by atoms with Gasteiger partial charge in [0, 0.05) is 32.1 Å². The zero-order valence-corrected chi connectivity index (χ0v) is 22.6. The number of hydrogen-bond acceptors (Lipinski definition) is 6. The molecule has 1 aromatic heterocycles. The summed E-state index contributed by atoms with van der Waals surface area (Å²) in [5, 5.41) is 22.5. The molecule has 2 rings (SSSR count). The van der Waals surface area contributed by atoms with E-state index in [2.05, 4.69) is 5.32 Å². The first-order chi connectivity index (χ1) is 16.3. The predicted molar refractivity (Wildman–Crippen MR) is 137 cm³/mol. The highest BCUT2D eigenvalue weighted by molar-refractivity contribution is 7.91. The molecule has 1 aromatic carbocycles. The van der Waals surface area contributed by atoms with E-state index in [1.165, 1.54) is 19.2 Å². The van der Waals surface area contributed by atoms with Crippen molar-refractivity contribution < 1.29 is 27.8 Å². The van der Waals surface area contributed by atoms with Gasteiger partial charge in [-0.1, -0.05) is 29.8 Å². The van der Waals surface area contributed by atoms with E-state index in [1.807, 2.05) is 19.9 Å². The third-order valence-corrected chi connectivity index (χ3v) is 9.44. The van der Waals surface area contributed by atoms with Crippen LogP contribution >= 0.6 is 22.9 Å². The van der Waals surface area contributed by atoms with Crippen molar-refractivity contribution in [3.05, 3.63) is 51.6 Å². The Labute approximate surface area is 216 Å². The van der Waals surface area contributed by atoms with Crippen molar-refractivity contribution in [2.24, 2.45) is 0 Å². The highest BCUT2D eigenvalue weighted by atomic mass is 35.5. The molecule has 35 heavy (non-hydrogen) atoms. The van der Waals surface area contributed by atoms with Crippen molar-refractivity contribution in [2.75, 3.05) is 20.1 Å². The fraction of sp³-hybridized carbons (Fsp3) is 0.542. The molecule has 0 aliphatic carbocycles. The molecule has 1 atom stereocenters. The van der Waals surface area contributed by atoms with Crippen LogP contribution in [-0.2, 0) is 27.7 Å². The largest absolute Gasteiger partial charge is 0.481 e. The summed E-state index contributed by atoms with van der Waals surface area (Å²) in [5.74, 6) is -1.13. The molecule has 0 radical (unpaired) electrons. The smallest absolute Gasteiger partial charge is 0.303 e. The van der Waals surface area contributed by atoms with Gasteiger partial charge in [-0.3, -0.25) is 4.79 Å². The maximum Gasteiger partial charge on any atom is 0.303 e. The quantitative estimate of drug-likeness (QED) is 0.306. The van der Waals surface area contributed by atoms with Gasteiger partial charge in [-0.25, -0.2) is 12.8 Å². The second kappa shape index (κ2) is 13.1. The summed E-state index contributed by atoms with van der Waals surface area (Å²) in [4.78, 5) is 10.7. The van der Waals surface area contributed by atoms with Crippen LogP contribution in [0.15, 0.2) is 34.5 Å². The number of rotatable bonds is 15. The number of nitrogens with one attached hydrogen (secondary N) is 1. The minimum absolute atomic E-state index is 0.0210. The maximum atomic E-state index is 13.8. The van der Waals surface area contributed by atoms with Gasteiger partial charge in [-0.05, 0) is 69.2 Å². The number of carboxylic acids is 1. The van der Waals surface area contributed by atoms with Gasteiger partial charge < -0.3 is 15.5 Å². The number of nitrogens with zero attached hydrogens (tertiary/aromatic N) is 1. The van der Waals surface area contributed by atoms with Crippen LogP contribution < -0.4 is 5.32 Å². The van der Waals surface area contributed by atoms with Crippen LogP contribution in [0.4, 0.5) is 4.39 Å². The van der Waals surface area contributed by atoms with Gasteiger partial charge in [0.1, 0.15) is 10.0 Å². The Hall–Kier alpha value is -1.56. The molecule has 0 amide bonds. The Morgan fingerprint density at radius 2 is 1.89 bits per heavy atom. The maximum absolute atomic E-state index is 13.8. The fourth-order valence-corrected chi connectivity index (χ4v) is 6.85. The molecular formula is C24H34ClFN2O5S2. The van der Waals surface area contributed by atoms with Gasteiger partial charge in [0.2, 0.25) is 0 Å². The van der Waals surface area contributed by atoms with E-state index >= 15 is 0 Å². The number of benzene rings is 1. The molecule has 0 fully saturated rings. The van der Waals surface area contributed by atoms with Gasteiger partial charge in [-0.15, -0.1) is 11.3 Å². The summed E-state index contributed by atoms with van der Waals surface area (Å²) in [6, 6.07) is 8.17. The first kappa shape index (κ1) is 29.7. The monoisotopic (exact) mass is 548 g/mol. The van der Waals surface area contributed by atoms with E-state index in [4.69, 9.17) is 16.7 Å². The molecule has 0 bridgehead atoms. The number of aliphatic carboxylic acids is 1. The summed E-state index contributed by atoms with van der Waals surface area (Å²) in [6.07, 6.45) is 1.91. The van der Waals surface area contributed by atoms with Gasteiger partial charge >= 0.3 is 5.97 Å². The molecule has 2 aromatic rings. The second-order valence-electron chi connectivity index (χ2n) is 9.26. The lowest BCUT2D eigenvalue weighted by Crippen LogP contribution is -2.46. The summed E-state index contributed by atoms with van der Waals surface area (Å²) < 4.78 is 41.1. The van der Waals surface area contributed by atoms with Crippen LogP contribution in [0.5, 0.6) is 0 Å². The molecule has 196 valence electrons. The lowest BCUT2D eigenvalue weighted by Gasteiger charge is -2.29. The van der Waals surface area contributed by atoms with Crippen LogP contribution in [0, 0.1) is 5.82 Å². The number of thiophene rings is 1. The lowest BCUT2D eigenvalue weighted by atomic mass is 9.95. The number of hydrogen-bond donors (Lipinski definition) is 3. The Bertz CT molecular complexity index is 1090. The van der Waals surface area contributed by atoms with Gasteiger partial charge in [0.25, 0.3) is 10.0 Å². The Morgan fingerprint density at radius 1 is 1.23 bits per heavy atom. The first-order valence-corrected chi connectivity index (χ1v) is 14.1. The number of aliphatic hydroxyl groups excluding tert-OH is 1. The number of sulfonamides is 1. The molecule has 7 nitrogen and oxygen atoms in total. The summed E-state index contributed by atoms with van der Waals surface area (Å²) in [5.41, 5.74) is 0.952. The molecule has 0 aliphatic heterocycles. The zero-order chi connectivity index (χ0) is 26.2. The minimum Gasteiger partial charge on any atom is -0.481 e. The molecule has 0 saturated carbocycles. The van der Waals surface area contributed by atoms with E-state index in [0.29, 0.717) is 34.7 Å². The van der Waals surface area contributed by atoms with Crippen molar-refractivity contribution in [1.29, 1.82) is 0 Å². The number of aryl methyl sites for hydroxylation is 2. The number of aliphatic hydroxyl groups is 1. The standard InChI is InChI=1S/C24H34ClFN2O5S2/c1-24(2,13-7-10-17-8-4-5-11-20(17)26)27-15-19(29)16-28(3)35(32,33)22-14-18(23(25)34-22)9-6-12-21(30)31/h4-5,8,11,14,19,27,29H,6-7,9-10,12-13,15-16H2,1-3H3,(H,30,31). The fourth-order valence-electron chi connectivity index (χ4n) is 3.63. The number of carboxylic acid groups (broad SMARTS) is 1. The van der Waals surface area contributed by atoms with E-state index in [0.717, 1.165) is 28.5 Å². The van der Waals surface area contributed by atoms with E-state index in [9.17, 15) is 22.7 Å². The topological polar surface area (TPSA) is 107 Å². The number of carbonyl (C=O) groups is 1. The van der Waals surface area contributed by atoms with E-state index in [1.54, 1.807) is 12.1 Å². The van der Waals surface area contributed by atoms with Crippen molar-refractivity contribution >= 4 is 38.9 Å². The Balaban J connectivity index is 1.85. The third-order valence-electron chi connectivity index (χ3n) is 5.73. The average molecular weight is 549 g/mol. The van der Waals surface area contributed by atoms with Gasteiger partial charge in [-0.2, -0.15) is 4.31 Å². The van der Waals surface area contributed by atoms with Gasteiger partial charge in [0.05, 0.1) is 10.4 Å². The lowest BCUT2D eigenvalue weighted by molar-refractivity contribution is -0.137. The zero-order valence-electron chi connectivity index (χ0n) is 20.3. The van der Waals surface area contributed by atoms with Crippen molar-refractivity contribution in [1.82, 2.24) is 9.62 Å². The molecule has 0 spiro atoms. The summed E-state index contributed by atoms with van der Waals surface area (Å²) >= 11 is 7.10. The molecule has 3 N–H and O–H groups in total. The van der Waals surface area contributed by atoms with Crippen molar-refractivity contribution in [3.8, 4) is 0 Å². The van der Waals surface area contributed by atoms with Crippen LogP contribution in [0.3, 0.4) is 0 Å². The van der Waals surface area contributed by atoms with E-state index < -0.39 is 22.1 Å². The minimum atomic E-state index is -3.85. The number of halogens is 2. The summed E-state index contributed by atoms with van der Waals surface area (Å²) in [6.45, 7) is 4.06. The molecule has 11 heteroatoms. The van der Waals surface area contributed by atoms with Crippen LogP contribution in [0.1, 0.15) is 50.7 Å². The predicted octanol–water partition coefficient (Wildman–Crippen LogP) is 4.32. The SMILES string of the molecule is CN(CC(O)CNC(C)(C)CCCc1ccccc1F)S(=O)(=O)c1cc(CCCC(=O)O)c(Cl)s1. The molecule has 0 saturated heterocycles. The molecule has 0 aliphatic rings. The van der Waals surface area contributed by atoms with E-state index in [-0.39, 0.29) is 35.1 Å².